The molecule has 14 heavy (non-hydrogen) atoms. The summed E-state index contributed by atoms with van der Waals surface area (Å²) in [4.78, 5) is 0. The molecule has 0 amide bonds. The summed E-state index contributed by atoms with van der Waals surface area (Å²) in [6, 6.07) is 4.42. The summed E-state index contributed by atoms with van der Waals surface area (Å²) in [5, 5.41) is 0. The first-order valence-corrected chi connectivity index (χ1v) is 5.20. The Labute approximate surface area is 85.4 Å². The SMILES string of the molecule is C/C=C/c1cc(C)c2c(c1)CCCO2. The molecule has 0 unspecified atom stereocenters. The molecule has 1 nitrogen and oxygen atoms in total. The van der Waals surface area contributed by atoms with Crippen LogP contribution in [0.1, 0.15) is 30.0 Å². The molecule has 2 rings (SSSR count). The number of hydrogen-bond acceptors (Lipinski definition) is 1. The van der Waals surface area contributed by atoms with Gasteiger partial charge in [-0.15, -0.1) is 0 Å². The maximum Gasteiger partial charge on any atom is 0.125 e. The Morgan fingerprint density at radius 3 is 3.00 bits per heavy atom. The summed E-state index contributed by atoms with van der Waals surface area (Å²) >= 11 is 0. The summed E-state index contributed by atoms with van der Waals surface area (Å²) < 4.78 is 5.66. The summed E-state index contributed by atoms with van der Waals surface area (Å²) in [7, 11) is 0. The van der Waals surface area contributed by atoms with Gasteiger partial charge in [-0.1, -0.05) is 12.2 Å². The van der Waals surface area contributed by atoms with Crippen molar-refractivity contribution >= 4 is 6.08 Å². The van der Waals surface area contributed by atoms with Gasteiger partial charge in [0.05, 0.1) is 6.61 Å². The summed E-state index contributed by atoms with van der Waals surface area (Å²) in [5.41, 5.74) is 3.91. The van der Waals surface area contributed by atoms with E-state index >= 15 is 0 Å². The van der Waals surface area contributed by atoms with Crippen LogP contribution >= 0.6 is 0 Å². The van der Waals surface area contributed by atoms with Crippen molar-refractivity contribution in [1.29, 1.82) is 0 Å². The fourth-order valence-corrected chi connectivity index (χ4v) is 1.99. The van der Waals surface area contributed by atoms with Crippen LogP contribution in [0.15, 0.2) is 18.2 Å². The molecule has 0 saturated heterocycles. The van der Waals surface area contributed by atoms with Gasteiger partial charge in [-0.3, -0.25) is 0 Å². The van der Waals surface area contributed by atoms with Crippen molar-refractivity contribution in [2.24, 2.45) is 0 Å². The van der Waals surface area contributed by atoms with Crippen LogP contribution in [0.4, 0.5) is 0 Å². The van der Waals surface area contributed by atoms with E-state index in [0.717, 1.165) is 25.2 Å². The lowest BCUT2D eigenvalue weighted by molar-refractivity contribution is 0.286. The third-order valence-corrected chi connectivity index (χ3v) is 2.57. The smallest absolute Gasteiger partial charge is 0.125 e. The van der Waals surface area contributed by atoms with Gasteiger partial charge in [0.15, 0.2) is 0 Å². The molecule has 0 N–H and O–H groups in total. The molecule has 74 valence electrons. The number of aryl methyl sites for hydroxylation is 2. The molecule has 0 saturated carbocycles. The second-order valence-corrected chi connectivity index (χ2v) is 3.78. The van der Waals surface area contributed by atoms with Crippen molar-refractivity contribution < 1.29 is 4.74 Å². The van der Waals surface area contributed by atoms with Crippen molar-refractivity contribution in [2.75, 3.05) is 6.61 Å². The number of fused-ring (bicyclic) bond motifs is 1. The largest absolute Gasteiger partial charge is 0.493 e. The summed E-state index contributed by atoms with van der Waals surface area (Å²) in [6.45, 7) is 5.04. The average Bonchev–Trinajstić information content (AvgIpc) is 2.18. The van der Waals surface area contributed by atoms with E-state index in [1.165, 1.54) is 16.7 Å². The lowest BCUT2D eigenvalue weighted by atomic mass is 9.99. The van der Waals surface area contributed by atoms with Crippen LogP contribution in [-0.2, 0) is 6.42 Å². The van der Waals surface area contributed by atoms with Crippen LogP contribution in [0.25, 0.3) is 6.08 Å². The van der Waals surface area contributed by atoms with Gasteiger partial charge in [0.25, 0.3) is 0 Å². The Hall–Kier alpha value is -1.24. The van der Waals surface area contributed by atoms with E-state index in [0.29, 0.717) is 0 Å². The van der Waals surface area contributed by atoms with Gasteiger partial charge in [-0.2, -0.15) is 0 Å². The van der Waals surface area contributed by atoms with Crippen LogP contribution in [0.2, 0.25) is 0 Å². The predicted molar refractivity (Wildman–Crippen MR) is 59.7 cm³/mol. The summed E-state index contributed by atoms with van der Waals surface area (Å²) in [5.74, 6) is 1.12. The molecule has 1 heteroatoms. The highest BCUT2D eigenvalue weighted by molar-refractivity contribution is 5.56. The van der Waals surface area contributed by atoms with Crippen LogP contribution in [-0.4, -0.2) is 6.61 Å². The Morgan fingerprint density at radius 2 is 2.21 bits per heavy atom. The molecule has 1 aromatic rings. The van der Waals surface area contributed by atoms with Crippen molar-refractivity contribution in [3.63, 3.8) is 0 Å². The molecule has 0 spiro atoms. The van der Waals surface area contributed by atoms with E-state index in [1.807, 2.05) is 6.92 Å². The highest BCUT2D eigenvalue weighted by Gasteiger charge is 2.12. The molecule has 0 aliphatic carbocycles. The number of rotatable bonds is 1. The Balaban J connectivity index is 2.46. The standard InChI is InChI=1S/C13H16O/c1-3-5-11-8-10(2)13-12(9-11)6-4-7-14-13/h3,5,8-9H,4,6-7H2,1-2H3/b5-3+. The maximum absolute atomic E-state index is 5.66. The monoisotopic (exact) mass is 188 g/mol. The second-order valence-electron chi connectivity index (χ2n) is 3.78. The third kappa shape index (κ3) is 1.67. The molecule has 0 radical (unpaired) electrons. The van der Waals surface area contributed by atoms with Crippen LogP contribution < -0.4 is 4.74 Å². The van der Waals surface area contributed by atoms with E-state index in [2.05, 4.69) is 31.2 Å². The Bertz CT molecular complexity index is 364. The van der Waals surface area contributed by atoms with E-state index in [4.69, 9.17) is 4.74 Å². The molecular weight excluding hydrogens is 172 g/mol. The highest BCUT2D eigenvalue weighted by Crippen LogP contribution is 2.30. The van der Waals surface area contributed by atoms with E-state index in [-0.39, 0.29) is 0 Å². The zero-order chi connectivity index (χ0) is 9.97. The zero-order valence-electron chi connectivity index (χ0n) is 8.84. The Morgan fingerprint density at radius 1 is 1.36 bits per heavy atom. The summed E-state index contributed by atoms with van der Waals surface area (Å²) in [6.07, 6.45) is 6.51. The number of allylic oxidation sites excluding steroid dienone is 1. The topological polar surface area (TPSA) is 9.23 Å². The molecule has 0 bridgehead atoms. The molecule has 0 fully saturated rings. The van der Waals surface area contributed by atoms with E-state index in [1.54, 1.807) is 0 Å². The first-order chi connectivity index (χ1) is 6.81. The van der Waals surface area contributed by atoms with Gasteiger partial charge in [0.2, 0.25) is 0 Å². The van der Waals surface area contributed by atoms with Gasteiger partial charge in [-0.25, -0.2) is 0 Å². The predicted octanol–water partition coefficient (Wildman–Crippen LogP) is 3.35. The quantitative estimate of drug-likeness (QED) is 0.656. The molecule has 0 aromatic heterocycles. The fourth-order valence-electron chi connectivity index (χ4n) is 1.99. The first kappa shape index (κ1) is 9.32. The lowest BCUT2D eigenvalue weighted by Gasteiger charge is -2.19. The minimum absolute atomic E-state index is 0.872. The van der Waals surface area contributed by atoms with E-state index in [9.17, 15) is 0 Å². The van der Waals surface area contributed by atoms with Gasteiger partial charge in [0.1, 0.15) is 5.75 Å². The molecule has 1 aromatic carbocycles. The van der Waals surface area contributed by atoms with E-state index < -0.39 is 0 Å². The van der Waals surface area contributed by atoms with Gasteiger partial charge < -0.3 is 4.74 Å². The van der Waals surface area contributed by atoms with Crippen LogP contribution in [0.5, 0.6) is 5.75 Å². The molecule has 1 heterocycles. The average molecular weight is 188 g/mol. The third-order valence-electron chi connectivity index (χ3n) is 2.57. The molecule has 1 aliphatic rings. The van der Waals surface area contributed by atoms with Gasteiger partial charge in [0, 0.05) is 0 Å². The van der Waals surface area contributed by atoms with Crippen molar-refractivity contribution in [3.8, 4) is 5.75 Å². The van der Waals surface area contributed by atoms with Gasteiger partial charge >= 0.3 is 0 Å². The normalized spacial score (nSPS) is 15.3. The van der Waals surface area contributed by atoms with Crippen LogP contribution in [0, 0.1) is 6.92 Å². The van der Waals surface area contributed by atoms with Crippen LogP contribution in [0.3, 0.4) is 0 Å². The molecule has 0 atom stereocenters. The lowest BCUT2D eigenvalue weighted by Crippen LogP contribution is -2.09. The zero-order valence-corrected chi connectivity index (χ0v) is 8.84. The van der Waals surface area contributed by atoms with Crippen molar-refractivity contribution in [2.45, 2.75) is 26.7 Å². The Kier molecular flexibility index (Phi) is 2.58. The molecular formula is C13H16O. The number of hydrogen-bond donors (Lipinski definition) is 0. The molecule has 1 aliphatic heterocycles. The first-order valence-electron chi connectivity index (χ1n) is 5.20. The fraction of sp³-hybridized carbons (Fsp3) is 0.385. The van der Waals surface area contributed by atoms with Crippen molar-refractivity contribution in [3.05, 3.63) is 34.9 Å². The van der Waals surface area contributed by atoms with Gasteiger partial charge in [-0.05, 0) is 55.5 Å². The number of ether oxygens (including phenoxy) is 1. The van der Waals surface area contributed by atoms with Crippen molar-refractivity contribution in [1.82, 2.24) is 0 Å². The minimum Gasteiger partial charge on any atom is -0.493 e. The number of benzene rings is 1. The minimum atomic E-state index is 0.872. The second kappa shape index (κ2) is 3.87. The highest BCUT2D eigenvalue weighted by atomic mass is 16.5. The maximum atomic E-state index is 5.66.